The molecule has 1 aromatic rings. The first-order valence-corrected chi connectivity index (χ1v) is 4.93. The number of ketones is 1. The van der Waals surface area contributed by atoms with Crippen LogP contribution in [0.2, 0.25) is 0 Å². The van der Waals surface area contributed by atoms with Crippen molar-refractivity contribution in [3.63, 3.8) is 0 Å². The van der Waals surface area contributed by atoms with Crippen LogP contribution in [0, 0.1) is 0 Å². The number of hydrogen-bond acceptors (Lipinski definition) is 3. The molecule has 1 aromatic heterocycles. The Hall–Kier alpha value is -1.48. The minimum atomic E-state index is -0.912. The number of nitrogens with zero attached hydrogens (tertiary/aromatic N) is 1. The third-order valence-electron chi connectivity index (χ3n) is 2.51. The number of rotatable bonds is 1. The molecule has 0 unspecified atom stereocenters. The molecule has 1 heterocycles. The maximum Gasteiger partial charge on any atom is 0.158 e. The highest BCUT2D eigenvalue weighted by molar-refractivity contribution is 5.99. The molecule has 0 amide bonds. The molecule has 78 valence electrons. The molecular formula is C12H13NO2. The van der Waals surface area contributed by atoms with Crippen molar-refractivity contribution in [2.75, 3.05) is 0 Å². The van der Waals surface area contributed by atoms with Gasteiger partial charge in [0, 0.05) is 25.2 Å². The molecule has 0 aliphatic heterocycles. The van der Waals surface area contributed by atoms with Crippen LogP contribution in [-0.4, -0.2) is 21.5 Å². The quantitative estimate of drug-likeness (QED) is 0.753. The number of aliphatic hydroxyl groups is 1. The lowest BCUT2D eigenvalue weighted by atomic mass is 9.83. The van der Waals surface area contributed by atoms with Crippen molar-refractivity contribution in [1.82, 2.24) is 4.98 Å². The number of hydrogen-bond donors (Lipinski definition) is 1. The Morgan fingerprint density at radius 2 is 2.00 bits per heavy atom. The molecule has 0 saturated carbocycles. The second-order valence-electron chi connectivity index (χ2n) is 4.22. The van der Waals surface area contributed by atoms with E-state index in [0.717, 1.165) is 11.1 Å². The van der Waals surface area contributed by atoms with Gasteiger partial charge in [-0.05, 0) is 36.3 Å². The lowest BCUT2D eigenvalue weighted by Gasteiger charge is -2.27. The summed E-state index contributed by atoms with van der Waals surface area (Å²) in [6.45, 7) is 1.69. The second kappa shape index (κ2) is 3.59. The van der Waals surface area contributed by atoms with E-state index in [0.29, 0.717) is 6.42 Å². The molecular weight excluding hydrogens is 190 g/mol. The number of carbonyl (C=O) groups excluding carboxylic acids is 1. The summed E-state index contributed by atoms with van der Waals surface area (Å²) in [6.07, 6.45) is 5.71. The van der Waals surface area contributed by atoms with Gasteiger partial charge in [0.15, 0.2) is 5.78 Å². The van der Waals surface area contributed by atoms with E-state index in [1.54, 1.807) is 25.4 Å². The summed E-state index contributed by atoms with van der Waals surface area (Å²) in [5, 5.41) is 9.90. The van der Waals surface area contributed by atoms with Crippen molar-refractivity contribution in [1.29, 1.82) is 0 Å². The van der Waals surface area contributed by atoms with Gasteiger partial charge in [-0.1, -0.05) is 0 Å². The minimum absolute atomic E-state index is 0.0157. The smallest absolute Gasteiger partial charge is 0.158 e. The summed E-state index contributed by atoms with van der Waals surface area (Å²) in [5.41, 5.74) is 0.932. The molecule has 1 N–H and O–H groups in total. The van der Waals surface area contributed by atoms with Gasteiger partial charge in [-0.3, -0.25) is 9.78 Å². The summed E-state index contributed by atoms with van der Waals surface area (Å²) < 4.78 is 0. The molecule has 0 fully saturated rings. The van der Waals surface area contributed by atoms with Crippen LogP contribution in [0.15, 0.2) is 30.6 Å². The number of allylic oxidation sites excluding steroid dienone is 1. The fourth-order valence-electron chi connectivity index (χ4n) is 1.90. The topological polar surface area (TPSA) is 50.2 Å². The molecule has 3 nitrogen and oxygen atoms in total. The van der Waals surface area contributed by atoms with Crippen molar-refractivity contribution in [3.05, 3.63) is 36.2 Å². The Kier molecular flexibility index (Phi) is 2.40. The zero-order valence-corrected chi connectivity index (χ0v) is 8.60. The maximum atomic E-state index is 11.4. The number of aromatic nitrogens is 1. The monoisotopic (exact) mass is 203 g/mol. The first-order valence-electron chi connectivity index (χ1n) is 4.93. The molecule has 0 aromatic carbocycles. The fourth-order valence-corrected chi connectivity index (χ4v) is 1.90. The van der Waals surface area contributed by atoms with Crippen LogP contribution in [0.3, 0.4) is 0 Å². The van der Waals surface area contributed by atoms with Gasteiger partial charge >= 0.3 is 0 Å². The van der Waals surface area contributed by atoms with Crippen LogP contribution >= 0.6 is 0 Å². The van der Waals surface area contributed by atoms with E-state index < -0.39 is 5.60 Å². The molecule has 0 radical (unpaired) electrons. The largest absolute Gasteiger partial charge is 0.389 e. The fraction of sp³-hybridized carbons (Fsp3) is 0.333. The van der Waals surface area contributed by atoms with Crippen LogP contribution in [0.4, 0.5) is 0 Å². The summed E-state index contributed by atoms with van der Waals surface area (Å²) in [4.78, 5) is 15.3. The van der Waals surface area contributed by atoms with Gasteiger partial charge in [0.1, 0.15) is 0 Å². The third-order valence-corrected chi connectivity index (χ3v) is 2.51. The van der Waals surface area contributed by atoms with E-state index in [1.165, 1.54) is 0 Å². The van der Waals surface area contributed by atoms with E-state index in [2.05, 4.69) is 4.98 Å². The molecule has 0 spiro atoms. The lowest BCUT2D eigenvalue weighted by molar-refractivity contribution is -0.119. The van der Waals surface area contributed by atoms with Gasteiger partial charge in [0.2, 0.25) is 0 Å². The zero-order chi connectivity index (χ0) is 10.9. The van der Waals surface area contributed by atoms with E-state index in [-0.39, 0.29) is 12.2 Å². The van der Waals surface area contributed by atoms with Crippen molar-refractivity contribution >= 4 is 11.4 Å². The SMILES string of the molecule is C[C@@]1(O)CC(=O)C=C(c2ccncc2)C1. The van der Waals surface area contributed by atoms with Crippen molar-refractivity contribution < 1.29 is 9.90 Å². The predicted octanol–water partition coefficient (Wildman–Crippen LogP) is 1.58. The molecule has 0 bridgehead atoms. The zero-order valence-electron chi connectivity index (χ0n) is 8.60. The van der Waals surface area contributed by atoms with Gasteiger partial charge < -0.3 is 5.11 Å². The van der Waals surface area contributed by atoms with Crippen LogP contribution in [0.5, 0.6) is 0 Å². The molecule has 1 atom stereocenters. The van der Waals surface area contributed by atoms with Gasteiger partial charge in [-0.2, -0.15) is 0 Å². The van der Waals surface area contributed by atoms with Crippen molar-refractivity contribution in [2.45, 2.75) is 25.4 Å². The normalized spacial score (nSPS) is 26.3. The number of carbonyl (C=O) groups is 1. The van der Waals surface area contributed by atoms with Gasteiger partial charge in [-0.15, -0.1) is 0 Å². The van der Waals surface area contributed by atoms with Crippen LogP contribution in [0.25, 0.3) is 5.57 Å². The second-order valence-corrected chi connectivity index (χ2v) is 4.22. The van der Waals surface area contributed by atoms with Gasteiger partial charge in [0.25, 0.3) is 0 Å². The van der Waals surface area contributed by atoms with Gasteiger partial charge in [0.05, 0.1) is 5.60 Å². The average Bonchev–Trinajstić information content (AvgIpc) is 2.16. The Balaban J connectivity index is 2.35. The van der Waals surface area contributed by atoms with Crippen LogP contribution < -0.4 is 0 Å². The third kappa shape index (κ3) is 2.30. The first-order chi connectivity index (χ1) is 7.07. The summed E-state index contributed by atoms with van der Waals surface area (Å²) in [5.74, 6) is -0.0157. The Bertz CT molecular complexity index is 407. The average molecular weight is 203 g/mol. The lowest BCUT2D eigenvalue weighted by Crippen LogP contribution is -2.30. The van der Waals surface area contributed by atoms with E-state index in [4.69, 9.17) is 0 Å². The highest BCUT2D eigenvalue weighted by atomic mass is 16.3. The van der Waals surface area contributed by atoms with Crippen molar-refractivity contribution in [2.24, 2.45) is 0 Å². The Morgan fingerprint density at radius 3 is 2.60 bits per heavy atom. The van der Waals surface area contributed by atoms with Crippen LogP contribution in [0.1, 0.15) is 25.3 Å². The minimum Gasteiger partial charge on any atom is -0.389 e. The first kappa shape index (κ1) is 10.1. The summed E-state index contributed by atoms with van der Waals surface area (Å²) in [7, 11) is 0. The Labute approximate surface area is 88.5 Å². The predicted molar refractivity (Wildman–Crippen MR) is 57.1 cm³/mol. The van der Waals surface area contributed by atoms with Crippen LogP contribution in [-0.2, 0) is 4.79 Å². The molecule has 0 saturated heterocycles. The standard InChI is InChI=1S/C12H13NO2/c1-12(15)7-10(6-11(14)8-12)9-2-4-13-5-3-9/h2-6,15H,7-8H2,1H3/t12-/m0/s1. The van der Waals surface area contributed by atoms with E-state index >= 15 is 0 Å². The Morgan fingerprint density at radius 1 is 1.33 bits per heavy atom. The molecule has 1 aliphatic carbocycles. The summed E-state index contributed by atoms with van der Waals surface area (Å²) in [6, 6.07) is 3.70. The maximum absolute atomic E-state index is 11.4. The highest BCUT2D eigenvalue weighted by Crippen LogP contribution is 2.31. The molecule has 1 aliphatic rings. The van der Waals surface area contributed by atoms with Gasteiger partial charge in [-0.25, -0.2) is 0 Å². The van der Waals surface area contributed by atoms with E-state index in [9.17, 15) is 9.90 Å². The molecule has 2 rings (SSSR count). The highest BCUT2D eigenvalue weighted by Gasteiger charge is 2.29. The summed E-state index contributed by atoms with van der Waals surface area (Å²) >= 11 is 0. The molecule has 3 heteroatoms. The number of pyridine rings is 1. The van der Waals surface area contributed by atoms with E-state index in [1.807, 2.05) is 12.1 Å². The molecule has 15 heavy (non-hydrogen) atoms. The van der Waals surface area contributed by atoms with Crippen molar-refractivity contribution in [3.8, 4) is 0 Å².